The van der Waals surface area contributed by atoms with Crippen LogP contribution in [-0.4, -0.2) is 48.0 Å². The van der Waals surface area contributed by atoms with Gasteiger partial charge in [0.25, 0.3) is 0 Å². The molecule has 6 heteroatoms. The minimum atomic E-state index is 0.107. The summed E-state index contributed by atoms with van der Waals surface area (Å²) in [6.45, 7) is 5.57. The van der Waals surface area contributed by atoms with Crippen LogP contribution >= 0.6 is 0 Å². The normalized spacial score (nSPS) is 10.2. The lowest BCUT2D eigenvalue weighted by molar-refractivity contribution is -0.128. The van der Waals surface area contributed by atoms with Crippen molar-refractivity contribution < 1.29 is 4.79 Å². The van der Waals surface area contributed by atoms with Crippen LogP contribution in [0.15, 0.2) is 6.33 Å². The predicted molar refractivity (Wildman–Crippen MR) is 82.0 cm³/mol. The Balaban J connectivity index is 2.73. The van der Waals surface area contributed by atoms with Gasteiger partial charge in [0.2, 0.25) is 5.91 Å². The van der Waals surface area contributed by atoms with Crippen LogP contribution in [0.1, 0.15) is 32.3 Å². The molecule has 0 saturated carbocycles. The molecule has 1 aromatic rings. The van der Waals surface area contributed by atoms with Gasteiger partial charge in [-0.15, -0.1) is 0 Å². The van der Waals surface area contributed by atoms with E-state index >= 15 is 0 Å². The molecule has 0 spiro atoms. The van der Waals surface area contributed by atoms with E-state index in [1.807, 2.05) is 6.92 Å². The van der Waals surface area contributed by atoms with E-state index in [-0.39, 0.29) is 5.91 Å². The van der Waals surface area contributed by atoms with Gasteiger partial charge in [-0.05, 0) is 13.3 Å². The summed E-state index contributed by atoms with van der Waals surface area (Å²) >= 11 is 0. The number of nitrogens with one attached hydrogen (secondary N) is 2. The zero-order valence-electron chi connectivity index (χ0n) is 12.9. The number of nitrogens with zero attached hydrogens (tertiary/aromatic N) is 3. The van der Waals surface area contributed by atoms with Crippen LogP contribution in [0.4, 0.5) is 11.6 Å². The van der Waals surface area contributed by atoms with Crippen molar-refractivity contribution in [2.24, 2.45) is 0 Å². The van der Waals surface area contributed by atoms with Gasteiger partial charge in [0.15, 0.2) is 0 Å². The van der Waals surface area contributed by atoms with Crippen molar-refractivity contribution in [3.05, 3.63) is 11.9 Å². The molecular weight excluding hydrogens is 254 g/mol. The van der Waals surface area contributed by atoms with E-state index in [4.69, 9.17) is 0 Å². The van der Waals surface area contributed by atoms with Gasteiger partial charge in [-0.1, -0.05) is 13.3 Å². The fraction of sp³-hybridized carbons (Fsp3) is 0.643. The molecule has 0 aliphatic rings. The number of hydrogen-bond donors (Lipinski definition) is 2. The Hall–Kier alpha value is -1.85. The summed E-state index contributed by atoms with van der Waals surface area (Å²) in [7, 11) is 3.53. The maximum Gasteiger partial charge on any atom is 0.223 e. The first-order valence-electron chi connectivity index (χ1n) is 7.11. The zero-order chi connectivity index (χ0) is 15.0. The summed E-state index contributed by atoms with van der Waals surface area (Å²) in [5.41, 5.74) is 1.09. The van der Waals surface area contributed by atoms with Crippen molar-refractivity contribution in [3.8, 4) is 0 Å². The summed E-state index contributed by atoms with van der Waals surface area (Å²) in [6.07, 6.45) is 3.94. The maximum absolute atomic E-state index is 11.6. The number of carbonyl (C=O) groups is 1. The second-order valence-corrected chi connectivity index (χ2v) is 4.79. The summed E-state index contributed by atoms with van der Waals surface area (Å²) in [5.74, 6) is 1.81. The summed E-state index contributed by atoms with van der Waals surface area (Å²) < 4.78 is 0. The quantitative estimate of drug-likeness (QED) is 0.758. The molecular formula is C14H25N5O. The maximum atomic E-state index is 11.6. The van der Waals surface area contributed by atoms with Crippen molar-refractivity contribution in [1.82, 2.24) is 14.9 Å². The second-order valence-electron chi connectivity index (χ2n) is 4.79. The Bertz CT molecular complexity index is 434. The first-order valence-corrected chi connectivity index (χ1v) is 7.11. The number of rotatable bonds is 8. The Morgan fingerprint density at radius 2 is 1.85 bits per heavy atom. The highest BCUT2D eigenvalue weighted by atomic mass is 16.2. The molecule has 2 N–H and O–H groups in total. The van der Waals surface area contributed by atoms with E-state index in [1.54, 1.807) is 25.3 Å². The van der Waals surface area contributed by atoms with E-state index in [0.29, 0.717) is 13.0 Å². The Kier molecular flexibility index (Phi) is 6.76. The lowest BCUT2D eigenvalue weighted by Crippen LogP contribution is -2.24. The molecule has 0 aromatic carbocycles. The molecule has 1 heterocycles. The summed E-state index contributed by atoms with van der Waals surface area (Å²) in [4.78, 5) is 21.7. The molecule has 112 valence electrons. The zero-order valence-corrected chi connectivity index (χ0v) is 12.9. The second kappa shape index (κ2) is 8.35. The molecule has 20 heavy (non-hydrogen) atoms. The first-order chi connectivity index (χ1) is 9.60. The van der Waals surface area contributed by atoms with Crippen LogP contribution in [-0.2, 0) is 11.2 Å². The lowest BCUT2D eigenvalue weighted by atomic mass is 10.1. The molecule has 6 nitrogen and oxygen atoms in total. The topological polar surface area (TPSA) is 70.1 Å². The molecule has 0 saturated heterocycles. The van der Waals surface area contributed by atoms with Gasteiger partial charge < -0.3 is 15.5 Å². The highest BCUT2D eigenvalue weighted by molar-refractivity contribution is 5.76. The number of amides is 1. The smallest absolute Gasteiger partial charge is 0.223 e. The van der Waals surface area contributed by atoms with Gasteiger partial charge in [0, 0.05) is 39.2 Å². The van der Waals surface area contributed by atoms with Gasteiger partial charge in [0.05, 0.1) is 0 Å². The molecule has 0 atom stereocenters. The average molecular weight is 279 g/mol. The molecule has 0 aliphatic heterocycles. The monoisotopic (exact) mass is 279 g/mol. The highest BCUT2D eigenvalue weighted by Gasteiger charge is 2.10. The summed E-state index contributed by atoms with van der Waals surface area (Å²) in [5, 5.41) is 6.50. The fourth-order valence-electron chi connectivity index (χ4n) is 1.88. The van der Waals surface area contributed by atoms with Crippen LogP contribution in [0.25, 0.3) is 0 Å². The van der Waals surface area contributed by atoms with Crippen molar-refractivity contribution in [1.29, 1.82) is 0 Å². The van der Waals surface area contributed by atoms with Gasteiger partial charge in [-0.3, -0.25) is 4.79 Å². The van der Waals surface area contributed by atoms with E-state index in [0.717, 1.165) is 36.6 Å². The highest BCUT2D eigenvalue weighted by Crippen LogP contribution is 2.21. The van der Waals surface area contributed by atoms with Crippen LogP contribution < -0.4 is 10.6 Å². The third-order valence-electron chi connectivity index (χ3n) is 2.92. The minimum absolute atomic E-state index is 0.107. The average Bonchev–Trinajstić information content (AvgIpc) is 2.42. The third kappa shape index (κ3) is 4.68. The molecule has 0 aliphatic carbocycles. The van der Waals surface area contributed by atoms with E-state index in [2.05, 4.69) is 27.5 Å². The Morgan fingerprint density at radius 3 is 2.40 bits per heavy atom. The fourth-order valence-corrected chi connectivity index (χ4v) is 1.88. The van der Waals surface area contributed by atoms with Crippen molar-refractivity contribution in [2.75, 3.05) is 37.8 Å². The van der Waals surface area contributed by atoms with E-state index in [9.17, 15) is 4.79 Å². The van der Waals surface area contributed by atoms with Crippen molar-refractivity contribution in [3.63, 3.8) is 0 Å². The molecule has 0 radical (unpaired) electrons. The number of anilines is 2. The van der Waals surface area contributed by atoms with Gasteiger partial charge >= 0.3 is 0 Å². The van der Waals surface area contributed by atoms with Crippen molar-refractivity contribution in [2.45, 2.75) is 33.1 Å². The Labute approximate surface area is 121 Å². The minimum Gasteiger partial charge on any atom is -0.370 e. The van der Waals surface area contributed by atoms with Crippen molar-refractivity contribution >= 4 is 17.5 Å². The SMILES string of the molecule is CCCc1c(NCC)ncnc1NCCC(=O)N(C)C. The van der Waals surface area contributed by atoms with E-state index < -0.39 is 0 Å². The third-order valence-corrected chi connectivity index (χ3v) is 2.92. The molecule has 1 rings (SSSR count). The first kappa shape index (κ1) is 16.2. The predicted octanol–water partition coefficient (Wildman–Crippen LogP) is 1.75. The molecule has 1 aromatic heterocycles. The van der Waals surface area contributed by atoms with Crippen LogP contribution in [0.3, 0.4) is 0 Å². The number of hydrogen-bond acceptors (Lipinski definition) is 5. The lowest BCUT2D eigenvalue weighted by Gasteiger charge is -2.15. The van der Waals surface area contributed by atoms with Gasteiger partial charge in [0.1, 0.15) is 18.0 Å². The Morgan fingerprint density at radius 1 is 1.20 bits per heavy atom. The summed E-state index contributed by atoms with van der Waals surface area (Å²) in [6, 6.07) is 0. The molecule has 0 bridgehead atoms. The largest absolute Gasteiger partial charge is 0.370 e. The van der Waals surface area contributed by atoms with E-state index in [1.165, 1.54) is 0 Å². The standard InChI is InChI=1S/C14H25N5O/c1-5-7-11-13(15-6-2)17-10-18-14(11)16-9-8-12(20)19(3)4/h10H,5-9H2,1-4H3,(H2,15,16,17,18). The van der Waals surface area contributed by atoms with Crippen LogP contribution in [0.2, 0.25) is 0 Å². The number of carbonyl (C=O) groups excluding carboxylic acids is 1. The van der Waals surface area contributed by atoms with Gasteiger partial charge in [-0.25, -0.2) is 9.97 Å². The molecule has 0 fully saturated rings. The molecule has 1 amide bonds. The van der Waals surface area contributed by atoms with Crippen LogP contribution in [0.5, 0.6) is 0 Å². The number of aromatic nitrogens is 2. The van der Waals surface area contributed by atoms with Gasteiger partial charge in [-0.2, -0.15) is 0 Å². The molecule has 0 unspecified atom stereocenters. The van der Waals surface area contributed by atoms with Crippen LogP contribution in [0, 0.1) is 0 Å².